The van der Waals surface area contributed by atoms with Crippen LogP contribution in [-0.2, 0) is 101 Å². The molecule has 0 saturated carbocycles. The number of likely N-dealkylation sites (N-methyl/N-ethyl adjacent to an activating group) is 1. The number of unbranched alkanes of at least 4 members (excludes halogenated alkanes) is 8. The van der Waals surface area contributed by atoms with E-state index in [1.165, 1.54) is 72.7 Å². The van der Waals surface area contributed by atoms with Crippen LogP contribution in [0.3, 0.4) is 0 Å². The smallest absolute Gasteiger partial charge is 0.508 e. The second kappa shape index (κ2) is 53.7. The Kier molecular flexibility index (Phi) is 45.9. The van der Waals surface area contributed by atoms with Crippen LogP contribution < -0.4 is 17.3 Å². The molecule has 0 aliphatic carbocycles. The fourth-order valence-corrected chi connectivity index (χ4v) is 12.8. The maximum Gasteiger partial charge on any atom is 0.508 e. The lowest BCUT2D eigenvalue weighted by atomic mass is 9.95. The Bertz CT molecular complexity index is 4610. The number of nitrogens with zero attached hydrogens (tertiary/aromatic N) is 3. The van der Waals surface area contributed by atoms with Gasteiger partial charge in [-0.15, -0.1) is 30.3 Å². The van der Waals surface area contributed by atoms with Gasteiger partial charge in [-0.2, -0.15) is 0 Å². The molecule has 0 radical (unpaired) electrons. The summed E-state index contributed by atoms with van der Waals surface area (Å²) in [5.41, 5.74) is 4.60. The lowest BCUT2D eigenvalue weighted by Gasteiger charge is -2.18. The van der Waals surface area contributed by atoms with Gasteiger partial charge in [0.25, 0.3) is 15.3 Å². The molecule has 0 fully saturated rings. The molecule has 0 amide bonds. The molecule has 0 aromatic heterocycles. The Labute approximate surface area is 686 Å². The zero-order valence-electron chi connectivity index (χ0n) is 66.0. The first-order valence-electron chi connectivity index (χ1n) is 36.9. The van der Waals surface area contributed by atoms with Crippen LogP contribution in [0.1, 0.15) is 131 Å². The lowest BCUT2D eigenvalue weighted by Crippen LogP contribution is -3.11. The number of ether oxygens (including phenoxy) is 8. The molecule has 1 N–H and O–H groups in total. The Hall–Kier alpha value is -11.3. The molecule has 6 rings (SSSR count). The Morgan fingerprint density at radius 2 is 0.650 bits per heavy atom. The predicted molar refractivity (Wildman–Crippen MR) is 425 cm³/mol. The number of carbonyl (C=O) groups excluding carboxylic acids is 6. The molecule has 6 aromatic carbocycles. The van der Waals surface area contributed by atoms with Gasteiger partial charge in [0.15, 0.2) is 29.5 Å². The number of carbonyl (C=O) groups is 6. The molecule has 0 aliphatic rings. The number of quaternary nitrogens is 1. The van der Waals surface area contributed by atoms with Crippen molar-refractivity contribution < 1.29 is 139 Å². The first-order valence-corrected chi connectivity index (χ1v) is 42.6. The summed E-state index contributed by atoms with van der Waals surface area (Å²) < 4.78 is 114. The number of sulfone groups is 3. The van der Waals surface area contributed by atoms with E-state index in [2.05, 4.69) is 28.4 Å². The molecule has 0 heterocycles. The first-order chi connectivity index (χ1) is 55.3. The van der Waals surface area contributed by atoms with Gasteiger partial charge in [0.1, 0.15) is 33.0 Å². The largest absolute Gasteiger partial charge is 1.00 e. The fraction of sp³-hybridized carbons (Fsp3) is 0.400. The topological polar surface area (TPSA) is 440 Å². The van der Waals surface area contributed by atoms with Crippen molar-refractivity contribution >= 4 is 99.1 Å². The van der Waals surface area contributed by atoms with Crippen LogP contribution in [0.25, 0.3) is 33.4 Å². The second-order valence-electron chi connectivity index (χ2n) is 25.3. The van der Waals surface area contributed by atoms with Crippen LogP contribution in [0.2, 0.25) is 0 Å². The van der Waals surface area contributed by atoms with Gasteiger partial charge >= 0.3 is 36.2 Å². The Balaban J connectivity index is 0.000000453. The van der Waals surface area contributed by atoms with E-state index in [9.17, 15) is 84.4 Å². The van der Waals surface area contributed by atoms with E-state index >= 15 is 0 Å². The highest BCUT2D eigenvalue weighted by atomic mass is 35.5. The van der Waals surface area contributed by atoms with Gasteiger partial charge in [-0.25, -0.2) is 49.2 Å². The first kappa shape index (κ1) is 99.9. The molecule has 33 nitrogen and oxygen atoms in total. The minimum absolute atomic E-state index is 0. The van der Waals surface area contributed by atoms with E-state index in [-0.39, 0.29) is 116 Å². The van der Waals surface area contributed by atoms with Gasteiger partial charge in [-0.3, -0.25) is 4.79 Å². The van der Waals surface area contributed by atoms with Crippen LogP contribution in [0.15, 0.2) is 178 Å². The summed E-state index contributed by atoms with van der Waals surface area (Å²) in [6.07, 6.45) is 7.64. The monoisotopic (exact) mass is 1710 g/mol. The third kappa shape index (κ3) is 38.3. The molecule has 37 heteroatoms. The summed E-state index contributed by atoms with van der Waals surface area (Å²) in [4.78, 5) is 121. The third-order valence-electron chi connectivity index (χ3n) is 16.9. The molecular formula is C80H99ClN4O29S3. The second-order valence-corrected chi connectivity index (χ2v) is 31.4. The van der Waals surface area contributed by atoms with Gasteiger partial charge in [0.05, 0.1) is 91.2 Å². The van der Waals surface area contributed by atoms with Crippen molar-refractivity contribution in [3.05, 3.63) is 228 Å². The van der Waals surface area contributed by atoms with E-state index in [4.69, 9.17) is 37.9 Å². The average molecular weight is 1710 g/mol. The molecule has 0 saturated heterocycles. The van der Waals surface area contributed by atoms with Gasteiger partial charge < -0.3 is 69.7 Å². The summed E-state index contributed by atoms with van der Waals surface area (Å²) >= 11 is 0. The number of hydrogen-bond acceptors (Lipinski definition) is 29. The SMILES string of the molecule is CCOC(=O)/C(=C(\COC(=O)OCCCCCCO[N+](=O)[O-])c1ccc(S(C)(=O)=O)cc1)c1ccccc1.CC[NH+](CC)CCOC(=O)/C(=C(\COC(=O)CCCCCO[N+](=O)[O-])c1ccc(S(C)(=O)=O)cc1)c1ccccc1.COC(=O)/C(=C(\COC(=O)OCCCCCCO[N+](=O)[O-])c1ccc(S(C)(=O)=O)cc1)c1ccccc1.[Cl-]. The summed E-state index contributed by atoms with van der Waals surface area (Å²) in [6, 6.07) is 44.0. The normalized spacial score (nSPS) is 11.7. The molecule has 638 valence electrons. The highest BCUT2D eigenvalue weighted by molar-refractivity contribution is 7.91. The number of methoxy groups -OCH3 is 1. The summed E-state index contributed by atoms with van der Waals surface area (Å²) in [7, 11) is -9.10. The van der Waals surface area contributed by atoms with Gasteiger partial charge in [0.2, 0.25) is 0 Å². The van der Waals surface area contributed by atoms with Crippen LogP contribution in [-0.4, -0.2) is 188 Å². The Morgan fingerprint density at radius 1 is 0.350 bits per heavy atom. The molecule has 117 heavy (non-hydrogen) atoms. The van der Waals surface area contributed by atoms with E-state index in [1.54, 1.807) is 104 Å². The summed E-state index contributed by atoms with van der Waals surface area (Å²) in [5, 5.41) is 27.9. The number of esters is 4. The number of halogens is 1. The van der Waals surface area contributed by atoms with E-state index in [0.717, 1.165) is 31.9 Å². The highest BCUT2D eigenvalue weighted by Gasteiger charge is 2.27. The molecule has 0 atom stereocenters. The summed E-state index contributed by atoms with van der Waals surface area (Å²) in [5.74, 6) is -2.37. The van der Waals surface area contributed by atoms with Crippen molar-refractivity contribution in [3.63, 3.8) is 0 Å². The van der Waals surface area contributed by atoms with Crippen molar-refractivity contribution in [2.75, 3.05) is 112 Å². The number of rotatable bonds is 47. The maximum atomic E-state index is 13.5. The molecule has 0 aliphatic heterocycles. The lowest BCUT2D eigenvalue weighted by molar-refractivity contribution is -0.896. The van der Waals surface area contributed by atoms with Gasteiger partial charge in [-0.05, 0) is 142 Å². The standard InChI is InChI=1S/C29H38N2O9S.C26H31NO10S.C25H29NO10S.ClH/c1-4-30(5-2)19-21-38-29(33)28(24-12-8-6-9-13-24)26(23-15-17-25(18-16-23)41(3,36)37)22-39-27(32)14-10-7-11-20-40-31(34)35;1-3-34-25(28)24(21-11-7-6-8-12-21)23(20-13-15-22(16-14-20)38(2,32)33)19-36-26(29)35-17-9-4-5-10-18-37-27(30)31;1-33-24(27)23(20-10-6-5-7-11-20)22(19-12-14-21(15-13-19)37(2,31)32)18-35-25(28)34-16-8-3-4-9-17-36-26(29)30;/h6,8-9,12-13,15-18H,4-5,7,10-11,14,19-22H2,1-3H3;6-8,11-16H,3-5,9-10,17-19H2,1-2H3;5-7,10-15H,3-4,8-9,16-18H2,1-2H3;1H/b28-26+;24-23+;23-22+;. The number of benzene rings is 6. The van der Waals surface area contributed by atoms with Crippen LogP contribution in [0, 0.1) is 30.3 Å². The van der Waals surface area contributed by atoms with E-state index in [0.29, 0.717) is 127 Å². The van der Waals surface area contributed by atoms with Crippen LogP contribution in [0.4, 0.5) is 9.59 Å². The molecular weight excluding hydrogens is 1610 g/mol. The van der Waals surface area contributed by atoms with Crippen molar-refractivity contribution in [2.45, 2.75) is 113 Å². The van der Waals surface area contributed by atoms with Crippen molar-refractivity contribution in [3.8, 4) is 0 Å². The predicted octanol–water partition coefficient (Wildman–Crippen LogP) is 8.37. The summed E-state index contributed by atoms with van der Waals surface area (Å²) in [6.45, 7) is 7.77. The van der Waals surface area contributed by atoms with Gasteiger partial charge in [0, 0.05) is 41.9 Å². The third-order valence-corrected chi connectivity index (χ3v) is 20.3. The molecule has 0 unspecified atom stereocenters. The minimum atomic E-state index is -3.45. The average Bonchev–Trinajstić information content (AvgIpc) is 0.817. The molecule has 6 aromatic rings. The van der Waals surface area contributed by atoms with Gasteiger partial charge in [-0.1, -0.05) is 147 Å². The Morgan fingerprint density at radius 3 is 0.949 bits per heavy atom. The zero-order valence-corrected chi connectivity index (χ0v) is 69.3. The van der Waals surface area contributed by atoms with Crippen molar-refractivity contribution in [1.82, 2.24) is 0 Å². The molecule has 0 spiro atoms. The van der Waals surface area contributed by atoms with E-state index in [1.807, 2.05) is 6.07 Å². The van der Waals surface area contributed by atoms with Crippen molar-refractivity contribution in [2.24, 2.45) is 0 Å². The fourth-order valence-electron chi connectivity index (χ4n) is 10.9. The quantitative estimate of drug-likeness (QED) is 0.00712. The van der Waals surface area contributed by atoms with E-state index < -0.39 is 81.0 Å². The number of hydrogen-bond donors (Lipinski definition) is 1. The minimum Gasteiger partial charge on any atom is -1.00 e. The zero-order chi connectivity index (χ0) is 85.5. The van der Waals surface area contributed by atoms with Crippen LogP contribution in [0.5, 0.6) is 0 Å². The molecule has 0 bridgehead atoms. The van der Waals surface area contributed by atoms with Crippen molar-refractivity contribution in [1.29, 1.82) is 0 Å². The number of nitrogens with one attached hydrogen (secondary N) is 1. The maximum absolute atomic E-state index is 13.5. The highest BCUT2D eigenvalue weighted by Crippen LogP contribution is 2.33. The van der Waals surface area contributed by atoms with Crippen LogP contribution >= 0.6 is 0 Å².